The molecule has 0 amide bonds. The van der Waals surface area contributed by atoms with Crippen molar-refractivity contribution in [1.82, 2.24) is 10.1 Å². The normalized spacial score (nSPS) is 12.5. The van der Waals surface area contributed by atoms with Gasteiger partial charge < -0.3 is 13.6 Å². The average molecular weight is 364 g/mol. The van der Waals surface area contributed by atoms with E-state index in [-0.39, 0.29) is 36.7 Å². The molecule has 6 nitrogen and oxygen atoms in total. The molecule has 132 valence electrons. The smallest absolute Gasteiger partial charge is 0.334 e. The van der Waals surface area contributed by atoms with Crippen LogP contribution in [0, 0.1) is 0 Å². The van der Waals surface area contributed by atoms with Crippen molar-refractivity contribution in [3.63, 3.8) is 0 Å². The molecule has 1 aromatic heterocycles. The molecule has 0 N–H and O–H groups in total. The summed E-state index contributed by atoms with van der Waals surface area (Å²) >= 11 is 0. The molecule has 2 aromatic rings. The molecule has 2 rings (SSSR count). The minimum Gasteiger partial charge on any atom is -0.334 e. The zero-order valence-corrected chi connectivity index (χ0v) is 13.9. The molecular formula is C14H16F3N2O4P. The van der Waals surface area contributed by atoms with E-state index >= 15 is 0 Å². The highest BCUT2D eigenvalue weighted by Gasteiger charge is 2.31. The van der Waals surface area contributed by atoms with Gasteiger partial charge in [0.05, 0.1) is 18.8 Å². The molecule has 0 fully saturated rings. The summed E-state index contributed by atoms with van der Waals surface area (Å²) < 4.78 is 65.8. The Labute approximate surface area is 136 Å². The first-order chi connectivity index (χ1) is 11.3. The van der Waals surface area contributed by atoms with Gasteiger partial charge in [-0.2, -0.15) is 18.2 Å². The van der Waals surface area contributed by atoms with E-state index in [9.17, 15) is 17.7 Å². The Morgan fingerprint density at radius 3 is 2.46 bits per heavy atom. The van der Waals surface area contributed by atoms with Gasteiger partial charge in [0, 0.05) is 5.56 Å². The van der Waals surface area contributed by atoms with Crippen molar-refractivity contribution in [3.05, 3.63) is 35.7 Å². The summed E-state index contributed by atoms with van der Waals surface area (Å²) in [6.07, 6.45) is -4.70. The Balaban J connectivity index is 2.23. The van der Waals surface area contributed by atoms with Crippen LogP contribution in [-0.2, 0) is 26.0 Å². The second-order valence-corrected chi connectivity index (χ2v) is 6.75. The van der Waals surface area contributed by atoms with Crippen molar-refractivity contribution in [2.24, 2.45) is 0 Å². The van der Waals surface area contributed by atoms with Crippen LogP contribution < -0.4 is 0 Å². The van der Waals surface area contributed by atoms with Crippen LogP contribution in [0.25, 0.3) is 11.5 Å². The molecular weight excluding hydrogens is 348 g/mol. The third kappa shape index (κ3) is 4.66. The van der Waals surface area contributed by atoms with Gasteiger partial charge in [-0.25, -0.2) is 0 Å². The molecule has 10 heteroatoms. The number of hydrogen-bond acceptors (Lipinski definition) is 6. The maximum atomic E-state index is 12.7. The molecule has 0 saturated heterocycles. The zero-order valence-electron chi connectivity index (χ0n) is 13.0. The van der Waals surface area contributed by atoms with Crippen molar-refractivity contribution in [2.45, 2.75) is 26.2 Å². The lowest BCUT2D eigenvalue weighted by Gasteiger charge is -2.14. The molecule has 0 bridgehead atoms. The molecule has 0 spiro atoms. The molecule has 24 heavy (non-hydrogen) atoms. The van der Waals surface area contributed by atoms with Crippen molar-refractivity contribution in [1.29, 1.82) is 0 Å². The minimum absolute atomic E-state index is 0.0349. The van der Waals surface area contributed by atoms with Crippen molar-refractivity contribution in [3.8, 4) is 11.5 Å². The summed E-state index contributed by atoms with van der Waals surface area (Å²) in [6.45, 7) is 3.68. The molecule has 0 unspecified atom stereocenters. The third-order valence-electron chi connectivity index (χ3n) is 2.89. The first kappa shape index (κ1) is 18.6. The fourth-order valence-electron chi connectivity index (χ4n) is 1.96. The summed E-state index contributed by atoms with van der Waals surface area (Å²) in [4.78, 5) is 3.98. The Hall–Kier alpha value is -1.70. The number of rotatable bonds is 7. The second-order valence-electron chi connectivity index (χ2n) is 4.70. The molecule has 0 saturated carbocycles. The van der Waals surface area contributed by atoms with E-state index in [0.717, 1.165) is 12.1 Å². The number of halogens is 3. The third-order valence-corrected chi connectivity index (χ3v) is 4.86. The van der Waals surface area contributed by atoms with Gasteiger partial charge >= 0.3 is 13.8 Å². The number of hydrogen-bond donors (Lipinski definition) is 0. The van der Waals surface area contributed by atoms with Crippen LogP contribution in [0.3, 0.4) is 0 Å². The van der Waals surface area contributed by atoms with Crippen LogP contribution in [0.1, 0.15) is 25.2 Å². The number of aromatic nitrogens is 2. The predicted molar refractivity (Wildman–Crippen MR) is 79.3 cm³/mol. The van der Waals surface area contributed by atoms with Gasteiger partial charge in [-0.1, -0.05) is 11.2 Å². The first-order valence-electron chi connectivity index (χ1n) is 7.15. The van der Waals surface area contributed by atoms with E-state index < -0.39 is 19.3 Å². The van der Waals surface area contributed by atoms with Gasteiger partial charge in [0.25, 0.3) is 5.89 Å². The molecule has 0 radical (unpaired) electrons. The summed E-state index contributed by atoms with van der Waals surface area (Å²) in [6, 6.07) is 4.51. The van der Waals surface area contributed by atoms with Crippen molar-refractivity contribution >= 4 is 7.60 Å². The molecule has 0 aliphatic rings. The van der Waals surface area contributed by atoms with Crippen LogP contribution in [0.5, 0.6) is 0 Å². The van der Waals surface area contributed by atoms with E-state index in [4.69, 9.17) is 13.6 Å². The standard InChI is InChI=1S/C14H16F3N2O4P/c1-3-21-24(20,22-4-2)9-12-18-13(23-19-12)10-6-5-7-11(8-10)14(15,16)17/h5-8H,3-4,9H2,1-2H3. The fraction of sp³-hybridized carbons (Fsp3) is 0.429. The summed E-state index contributed by atoms with van der Waals surface area (Å²) in [5, 5.41) is 3.63. The van der Waals surface area contributed by atoms with Crippen LogP contribution in [-0.4, -0.2) is 23.4 Å². The highest BCUT2D eigenvalue weighted by atomic mass is 31.2. The van der Waals surface area contributed by atoms with Gasteiger partial charge in [-0.15, -0.1) is 0 Å². The van der Waals surface area contributed by atoms with E-state index in [2.05, 4.69) is 10.1 Å². The zero-order chi connectivity index (χ0) is 17.8. The average Bonchev–Trinajstić information content (AvgIpc) is 2.95. The Bertz CT molecular complexity index is 723. The van der Waals surface area contributed by atoms with Crippen molar-refractivity contribution in [2.75, 3.05) is 13.2 Å². The first-order valence-corrected chi connectivity index (χ1v) is 8.88. The predicted octanol–water partition coefficient (Wildman–Crippen LogP) is 4.52. The highest BCUT2D eigenvalue weighted by Crippen LogP contribution is 2.50. The Morgan fingerprint density at radius 1 is 1.21 bits per heavy atom. The molecule has 1 aromatic carbocycles. The minimum atomic E-state index is -4.47. The van der Waals surface area contributed by atoms with Gasteiger partial charge in [0.15, 0.2) is 5.82 Å². The highest BCUT2D eigenvalue weighted by molar-refractivity contribution is 7.53. The number of alkyl halides is 3. The summed E-state index contributed by atoms with van der Waals surface area (Å²) in [7, 11) is -3.42. The van der Waals surface area contributed by atoms with Crippen LogP contribution in [0.15, 0.2) is 28.8 Å². The van der Waals surface area contributed by atoms with Crippen LogP contribution in [0.4, 0.5) is 13.2 Å². The quantitative estimate of drug-likeness (QED) is 0.673. The maximum absolute atomic E-state index is 12.7. The molecule has 1 heterocycles. The number of benzene rings is 1. The van der Waals surface area contributed by atoms with E-state index in [1.54, 1.807) is 13.8 Å². The monoisotopic (exact) mass is 364 g/mol. The van der Waals surface area contributed by atoms with Gasteiger partial charge in [0.1, 0.15) is 6.16 Å². The van der Waals surface area contributed by atoms with Crippen LogP contribution in [0.2, 0.25) is 0 Å². The Kier molecular flexibility index (Phi) is 5.79. The lowest BCUT2D eigenvalue weighted by atomic mass is 10.1. The van der Waals surface area contributed by atoms with Gasteiger partial charge in [-0.3, -0.25) is 4.57 Å². The van der Waals surface area contributed by atoms with Crippen LogP contribution >= 0.6 is 7.60 Å². The summed E-state index contributed by atoms with van der Waals surface area (Å²) in [5.74, 6) is -0.0664. The number of nitrogens with zero attached hydrogens (tertiary/aromatic N) is 2. The molecule has 0 atom stereocenters. The van der Waals surface area contributed by atoms with E-state index in [1.165, 1.54) is 12.1 Å². The van der Waals surface area contributed by atoms with Crippen molar-refractivity contribution < 1.29 is 31.3 Å². The fourth-order valence-corrected chi connectivity index (χ4v) is 3.48. The van der Waals surface area contributed by atoms with Gasteiger partial charge in [-0.05, 0) is 32.0 Å². The molecule has 0 aliphatic heterocycles. The lowest BCUT2D eigenvalue weighted by Crippen LogP contribution is -2.04. The summed E-state index contributed by atoms with van der Waals surface area (Å²) in [5.41, 5.74) is -0.708. The molecule has 0 aliphatic carbocycles. The van der Waals surface area contributed by atoms with Gasteiger partial charge in [0.2, 0.25) is 0 Å². The topological polar surface area (TPSA) is 74.5 Å². The largest absolute Gasteiger partial charge is 0.416 e. The Morgan fingerprint density at radius 2 is 1.88 bits per heavy atom. The van der Waals surface area contributed by atoms with E-state index in [1.807, 2.05) is 0 Å². The maximum Gasteiger partial charge on any atom is 0.416 e. The second kappa shape index (κ2) is 7.46. The van der Waals surface area contributed by atoms with E-state index in [0.29, 0.717) is 0 Å². The lowest BCUT2D eigenvalue weighted by molar-refractivity contribution is -0.137. The SMILES string of the molecule is CCOP(=O)(Cc1noc(-c2cccc(C(F)(F)F)c2)n1)OCC.